The van der Waals surface area contributed by atoms with Crippen LogP contribution < -0.4 is 0 Å². The van der Waals surface area contributed by atoms with Crippen molar-refractivity contribution >= 4 is 11.8 Å². The van der Waals surface area contributed by atoms with E-state index in [9.17, 15) is 9.59 Å². The zero-order valence-corrected chi connectivity index (χ0v) is 10.6. The molecular formula is C12H21NO4. The van der Waals surface area contributed by atoms with E-state index in [1.165, 1.54) is 4.90 Å². The second-order valence-electron chi connectivity index (χ2n) is 4.21. The molecule has 1 atom stereocenters. The summed E-state index contributed by atoms with van der Waals surface area (Å²) in [6.07, 6.45) is 1.33. The average Bonchev–Trinajstić information content (AvgIpc) is 2.54. The fourth-order valence-corrected chi connectivity index (χ4v) is 1.71. The van der Waals surface area contributed by atoms with Crippen molar-refractivity contribution in [1.82, 2.24) is 4.90 Å². The summed E-state index contributed by atoms with van der Waals surface area (Å²) >= 11 is 0. The molecule has 0 aromatic carbocycles. The first-order valence-corrected chi connectivity index (χ1v) is 6.16. The average molecular weight is 243 g/mol. The van der Waals surface area contributed by atoms with Gasteiger partial charge in [0.05, 0.1) is 26.4 Å². The smallest absolute Gasteiger partial charge is 0.232 e. The molecule has 1 saturated heterocycles. The topological polar surface area (TPSA) is 55.8 Å². The van der Waals surface area contributed by atoms with Gasteiger partial charge in [-0.05, 0) is 6.42 Å². The van der Waals surface area contributed by atoms with E-state index in [4.69, 9.17) is 9.47 Å². The third-order valence-corrected chi connectivity index (χ3v) is 2.65. The van der Waals surface area contributed by atoms with Crippen molar-refractivity contribution in [3.63, 3.8) is 0 Å². The Morgan fingerprint density at radius 2 is 1.82 bits per heavy atom. The lowest BCUT2D eigenvalue weighted by Gasteiger charge is -2.14. The van der Waals surface area contributed by atoms with E-state index in [0.29, 0.717) is 32.8 Å². The molecule has 0 spiro atoms. The van der Waals surface area contributed by atoms with E-state index in [-0.39, 0.29) is 17.7 Å². The minimum absolute atomic E-state index is 0.0826. The molecule has 1 rings (SSSR count). The van der Waals surface area contributed by atoms with Crippen LogP contribution in [0.3, 0.4) is 0 Å². The van der Waals surface area contributed by atoms with Crippen molar-refractivity contribution in [3.05, 3.63) is 0 Å². The number of carbonyl (C=O) groups excluding carboxylic acids is 2. The maximum absolute atomic E-state index is 11.5. The summed E-state index contributed by atoms with van der Waals surface area (Å²) in [4.78, 5) is 24.3. The zero-order chi connectivity index (χ0) is 12.7. The fraction of sp³-hybridized carbons (Fsp3) is 0.833. The molecule has 0 aromatic heterocycles. The standard InChI is InChI=1S/C12H21NO4/c1-3-5-16-7-8-17-6-4-13-11(14)9-10(2)12(13)15/h10H,3-9H2,1-2H3. The molecule has 0 N–H and O–H groups in total. The van der Waals surface area contributed by atoms with Gasteiger partial charge in [0, 0.05) is 18.9 Å². The third kappa shape index (κ3) is 4.44. The highest BCUT2D eigenvalue weighted by molar-refractivity contribution is 6.03. The lowest BCUT2D eigenvalue weighted by Crippen LogP contribution is -2.33. The maximum Gasteiger partial charge on any atom is 0.232 e. The summed E-state index contributed by atoms with van der Waals surface area (Å²) in [6.45, 7) is 6.38. The minimum Gasteiger partial charge on any atom is -0.379 e. The van der Waals surface area contributed by atoms with Crippen LogP contribution in [0.5, 0.6) is 0 Å². The van der Waals surface area contributed by atoms with Crippen molar-refractivity contribution in [2.45, 2.75) is 26.7 Å². The molecule has 5 nitrogen and oxygen atoms in total. The molecule has 0 radical (unpaired) electrons. The van der Waals surface area contributed by atoms with Gasteiger partial charge in [-0.15, -0.1) is 0 Å². The zero-order valence-electron chi connectivity index (χ0n) is 10.6. The van der Waals surface area contributed by atoms with Crippen LogP contribution in [0, 0.1) is 5.92 Å². The Balaban J connectivity index is 2.06. The first kappa shape index (κ1) is 14.1. The monoisotopic (exact) mass is 243 g/mol. The summed E-state index contributed by atoms with van der Waals surface area (Å²) in [6, 6.07) is 0. The molecule has 0 aliphatic carbocycles. The summed E-state index contributed by atoms with van der Waals surface area (Å²) in [5.41, 5.74) is 0. The summed E-state index contributed by atoms with van der Waals surface area (Å²) in [7, 11) is 0. The van der Waals surface area contributed by atoms with Gasteiger partial charge in [-0.25, -0.2) is 0 Å². The summed E-state index contributed by atoms with van der Waals surface area (Å²) in [5, 5.41) is 0. The van der Waals surface area contributed by atoms with Crippen LogP contribution in [-0.4, -0.2) is 49.7 Å². The summed E-state index contributed by atoms with van der Waals surface area (Å²) < 4.78 is 10.5. The van der Waals surface area contributed by atoms with Crippen LogP contribution >= 0.6 is 0 Å². The van der Waals surface area contributed by atoms with Crippen molar-refractivity contribution in [1.29, 1.82) is 0 Å². The highest BCUT2D eigenvalue weighted by Crippen LogP contribution is 2.17. The minimum atomic E-state index is -0.171. The number of rotatable bonds is 8. The van der Waals surface area contributed by atoms with Crippen LogP contribution in [0.1, 0.15) is 26.7 Å². The largest absolute Gasteiger partial charge is 0.379 e. The molecule has 98 valence electrons. The molecule has 1 aliphatic rings. The predicted molar refractivity (Wildman–Crippen MR) is 62.4 cm³/mol. The number of nitrogens with zero attached hydrogens (tertiary/aromatic N) is 1. The number of amides is 2. The number of hydrogen-bond donors (Lipinski definition) is 0. The normalized spacial score (nSPS) is 20.4. The Hall–Kier alpha value is -0.940. The van der Waals surface area contributed by atoms with Gasteiger partial charge >= 0.3 is 0 Å². The van der Waals surface area contributed by atoms with Gasteiger partial charge < -0.3 is 9.47 Å². The molecule has 0 saturated carbocycles. The molecule has 5 heteroatoms. The van der Waals surface area contributed by atoms with Gasteiger partial charge in [0.1, 0.15) is 0 Å². The van der Waals surface area contributed by atoms with Gasteiger partial charge in [-0.3, -0.25) is 14.5 Å². The van der Waals surface area contributed by atoms with Gasteiger partial charge in [0.15, 0.2) is 0 Å². The number of carbonyl (C=O) groups is 2. The fourth-order valence-electron chi connectivity index (χ4n) is 1.71. The van der Waals surface area contributed by atoms with Crippen molar-refractivity contribution in [2.75, 3.05) is 33.0 Å². The van der Waals surface area contributed by atoms with Gasteiger partial charge in [-0.1, -0.05) is 13.8 Å². The number of ether oxygens (including phenoxy) is 2. The highest BCUT2D eigenvalue weighted by Gasteiger charge is 2.34. The molecular weight excluding hydrogens is 222 g/mol. The Labute approximate surface area is 102 Å². The van der Waals surface area contributed by atoms with E-state index in [0.717, 1.165) is 13.0 Å². The Bertz CT molecular complexity index is 267. The van der Waals surface area contributed by atoms with Crippen molar-refractivity contribution in [3.8, 4) is 0 Å². The lowest BCUT2D eigenvalue weighted by molar-refractivity contribution is -0.140. The molecule has 2 amide bonds. The molecule has 1 fully saturated rings. The molecule has 1 heterocycles. The van der Waals surface area contributed by atoms with Crippen LogP contribution in [0.25, 0.3) is 0 Å². The molecule has 17 heavy (non-hydrogen) atoms. The number of imide groups is 1. The van der Waals surface area contributed by atoms with E-state index < -0.39 is 0 Å². The van der Waals surface area contributed by atoms with E-state index in [2.05, 4.69) is 0 Å². The molecule has 0 bridgehead atoms. The Morgan fingerprint density at radius 1 is 1.18 bits per heavy atom. The number of likely N-dealkylation sites (tertiary alicyclic amines) is 1. The van der Waals surface area contributed by atoms with Crippen molar-refractivity contribution < 1.29 is 19.1 Å². The van der Waals surface area contributed by atoms with E-state index >= 15 is 0 Å². The third-order valence-electron chi connectivity index (χ3n) is 2.65. The van der Waals surface area contributed by atoms with E-state index in [1.54, 1.807) is 6.92 Å². The number of hydrogen-bond acceptors (Lipinski definition) is 4. The molecule has 1 aliphatic heterocycles. The second-order valence-corrected chi connectivity index (χ2v) is 4.21. The SMILES string of the molecule is CCCOCCOCCN1C(=O)CC(C)C1=O. The van der Waals surface area contributed by atoms with Gasteiger partial charge in [0.25, 0.3) is 0 Å². The van der Waals surface area contributed by atoms with Crippen LogP contribution in [0.2, 0.25) is 0 Å². The predicted octanol–water partition coefficient (Wildman–Crippen LogP) is 0.825. The first-order chi connectivity index (χ1) is 8.16. The lowest BCUT2D eigenvalue weighted by atomic mass is 10.1. The second kappa shape index (κ2) is 7.40. The molecule has 1 unspecified atom stereocenters. The summed E-state index contributed by atoms with van der Waals surface area (Å²) in [5.74, 6) is -0.343. The van der Waals surface area contributed by atoms with Crippen molar-refractivity contribution in [2.24, 2.45) is 5.92 Å². The quantitative estimate of drug-likeness (QED) is 0.468. The van der Waals surface area contributed by atoms with Gasteiger partial charge in [-0.2, -0.15) is 0 Å². The Morgan fingerprint density at radius 3 is 2.35 bits per heavy atom. The highest BCUT2D eigenvalue weighted by atomic mass is 16.5. The Kier molecular flexibility index (Phi) is 6.15. The van der Waals surface area contributed by atoms with Crippen LogP contribution in [0.15, 0.2) is 0 Å². The van der Waals surface area contributed by atoms with E-state index in [1.807, 2.05) is 6.92 Å². The van der Waals surface area contributed by atoms with Gasteiger partial charge in [0.2, 0.25) is 11.8 Å². The first-order valence-electron chi connectivity index (χ1n) is 6.16. The van der Waals surface area contributed by atoms with Crippen LogP contribution in [0.4, 0.5) is 0 Å². The van der Waals surface area contributed by atoms with Crippen LogP contribution in [-0.2, 0) is 19.1 Å². The molecule has 0 aromatic rings. The maximum atomic E-state index is 11.5.